The van der Waals surface area contributed by atoms with E-state index < -0.39 is 17.2 Å². The van der Waals surface area contributed by atoms with Crippen molar-refractivity contribution in [3.05, 3.63) is 92.1 Å². The second-order valence-electron chi connectivity index (χ2n) is 7.16. The van der Waals surface area contributed by atoms with Gasteiger partial charge in [0.25, 0.3) is 5.56 Å². The van der Waals surface area contributed by atoms with Gasteiger partial charge in [0.15, 0.2) is 11.5 Å². The summed E-state index contributed by atoms with van der Waals surface area (Å²) in [5.41, 5.74) is 1.87. The molecule has 0 saturated heterocycles. The van der Waals surface area contributed by atoms with Crippen LogP contribution in [0.5, 0.6) is 11.5 Å². The third-order valence-corrected chi connectivity index (χ3v) is 5.40. The van der Waals surface area contributed by atoms with Crippen molar-refractivity contribution in [1.29, 1.82) is 0 Å². The first-order chi connectivity index (χ1) is 14.6. The van der Waals surface area contributed by atoms with E-state index in [1.54, 1.807) is 18.2 Å². The number of hydrogen-bond donors (Lipinski definition) is 4. The topological polar surface area (TPSA) is 107 Å². The van der Waals surface area contributed by atoms with Crippen LogP contribution in [0.1, 0.15) is 29.5 Å². The van der Waals surface area contributed by atoms with Crippen LogP contribution >= 0.6 is 0 Å². The van der Waals surface area contributed by atoms with Crippen LogP contribution in [-0.2, 0) is 0 Å². The van der Waals surface area contributed by atoms with Crippen molar-refractivity contribution in [2.45, 2.75) is 12.8 Å². The van der Waals surface area contributed by atoms with Gasteiger partial charge in [-0.1, -0.05) is 36.4 Å². The number of H-pyrrole nitrogens is 2. The Morgan fingerprint density at radius 3 is 2.67 bits per heavy atom. The molecule has 4 aromatic rings. The molecule has 5 rings (SSSR count). The summed E-state index contributed by atoms with van der Waals surface area (Å²) >= 11 is 0. The Morgan fingerprint density at radius 1 is 1.00 bits per heavy atom. The maximum atomic E-state index is 12.9. The second-order valence-corrected chi connectivity index (χ2v) is 7.16. The van der Waals surface area contributed by atoms with Gasteiger partial charge < -0.3 is 15.2 Å². The number of ether oxygens (including phenoxy) is 1. The third-order valence-electron chi connectivity index (χ3n) is 5.40. The predicted molar refractivity (Wildman–Crippen MR) is 115 cm³/mol. The molecule has 0 aliphatic carbocycles. The fraction of sp³-hybridized carbons (Fsp3) is 0.130. The molecule has 1 unspecified atom stereocenters. The van der Waals surface area contributed by atoms with E-state index in [4.69, 9.17) is 4.74 Å². The molecule has 0 spiro atoms. The van der Waals surface area contributed by atoms with E-state index in [0.717, 1.165) is 27.6 Å². The molecule has 0 radical (unpaired) electrons. The van der Waals surface area contributed by atoms with Crippen LogP contribution < -0.4 is 21.3 Å². The van der Waals surface area contributed by atoms with Crippen molar-refractivity contribution in [3.63, 3.8) is 0 Å². The molecule has 3 aromatic carbocycles. The van der Waals surface area contributed by atoms with Crippen molar-refractivity contribution < 1.29 is 9.84 Å². The van der Waals surface area contributed by atoms with Gasteiger partial charge in [0.05, 0.1) is 12.2 Å². The van der Waals surface area contributed by atoms with E-state index in [-0.39, 0.29) is 5.75 Å². The summed E-state index contributed by atoms with van der Waals surface area (Å²) in [5, 5.41) is 15.4. The Bertz CT molecular complexity index is 1400. The van der Waals surface area contributed by atoms with Crippen LogP contribution in [0.15, 0.2) is 64.2 Å². The highest BCUT2D eigenvalue weighted by molar-refractivity contribution is 5.94. The third kappa shape index (κ3) is 2.75. The molecule has 150 valence electrons. The van der Waals surface area contributed by atoms with Gasteiger partial charge in [-0.15, -0.1) is 0 Å². The zero-order valence-corrected chi connectivity index (χ0v) is 16.2. The molecule has 0 saturated carbocycles. The van der Waals surface area contributed by atoms with E-state index >= 15 is 0 Å². The molecule has 2 heterocycles. The number of aromatic hydroxyl groups is 1. The Hall–Kier alpha value is -4.00. The van der Waals surface area contributed by atoms with Crippen LogP contribution in [0.25, 0.3) is 10.8 Å². The largest absolute Gasteiger partial charge is 0.504 e. The minimum absolute atomic E-state index is 0.0308. The highest BCUT2D eigenvalue weighted by Crippen LogP contribution is 2.46. The average Bonchev–Trinajstić information content (AvgIpc) is 2.73. The quantitative estimate of drug-likeness (QED) is 0.370. The highest BCUT2D eigenvalue weighted by Gasteiger charge is 2.32. The first-order valence-electron chi connectivity index (χ1n) is 9.67. The van der Waals surface area contributed by atoms with Gasteiger partial charge >= 0.3 is 5.69 Å². The van der Waals surface area contributed by atoms with Crippen LogP contribution in [-0.4, -0.2) is 21.7 Å². The van der Waals surface area contributed by atoms with Crippen LogP contribution in [0.4, 0.5) is 11.5 Å². The number of fused-ring (bicyclic) bond motifs is 4. The Labute approximate surface area is 171 Å². The summed E-state index contributed by atoms with van der Waals surface area (Å²) in [6.07, 6.45) is 0. The Kier molecular flexibility index (Phi) is 4.10. The van der Waals surface area contributed by atoms with Crippen molar-refractivity contribution in [2.75, 3.05) is 11.9 Å². The minimum atomic E-state index is -0.574. The molecule has 1 aromatic heterocycles. The lowest BCUT2D eigenvalue weighted by Crippen LogP contribution is -2.31. The van der Waals surface area contributed by atoms with Gasteiger partial charge in [-0.05, 0) is 47.0 Å². The Balaban J connectivity index is 1.86. The molecule has 1 atom stereocenters. The number of anilines is 2. The summed E-state index contributed by atoms with van der Waals surface area (Å²) in [6, 6.07) is 17.0. The predicted octanol–water partition coefficient (Wildman–Crippen LogP) is 3.56. The molecule has 7 nitrogen and oxygen atoms in total. The standard InChI is InChI=1S/C23H19N3O4/c1-2-30-17-11-13(8-10-16(17)27)18-19-14-6-4-3-5-12(14)7-9-15(19)24-21-20(18)22(28)26-23(29)25-21/h3-11,18,27H,2H2,1H3,(H3,24,25,26,28,29). The second kappa shape index (κ2) is 6.81. The lowest BCUT2D eigenvalue weighted by Gasteiger charge is -2.30. The molecule has 0 fully saturated rings. The van der Waals surface area contributed by atoms with Crippen molar-refractivity contribution in [3.8, 4) is 11.5 Å². The van der Waals surface area contributed by atoms with E-state index in [1.165, 1.54) is 0 Å². The van der Waals surface area contributed by atoms with E-state index in [0.29, 0.717) is 23.7 Å². The van der Waals surface area contributed by atoms with Crippen LogP contribution in [0.2, 0.25) is 0 Å². The summed E-state index contributed by atoms with van der Waals surface area (Å²) in [6.45, 7) is 2.23. The molecule has 1 aliphatic heterocycles. The van der Waals surface area contributed by atoms with Gasteiger partial charge in [0, 0.05) is 11.6 Å². The first kappa shape index (κ1) is 18.1. The minimum Gasteiger partial charge on any atom is -0.504 e. The fourth-order valence-electron chi connectivity index (χ4n) is 4.18. The fourth-order valence-corrected chi connectivity index (χ4v) is 4.18. The van der Waals surface area contributed by atoms with Crippen LogP contribution in [0, 0.1) is 0 Å². The summed E-state index contributed by atoms with van der Waals surface area (Å²) in [7, 11) is 0. The van der Waals surface area contributed by atoms with E-state index in [1.807, 2.05) is 43.3 Å². The molecule has 1 aliphatic rings. The number of rotatable bonds is 3. The number of nitrogens with one attached hydrogen (secondary N) is 3. The van der Waals surface area contributed by atoms with E-state index in [9.17, 15) is 14.7 Å². The van der Waals surface area contributed by atoms with Gasteiger partial charge in [-0.2, -0.15) is 0 Å². The summed E-state index contributed by atoms with van der Waals surface area (Å²) < 4.78 is 5.57. The summed E-state index contributed by atoms with van der Waals surface area (Å²) in [5.74, 6) is 0.270. The Morgan fingerprint density at radius 2 is 1.83 bits per heavy atom. The smallest absolute Gasteiger partial charge is 0.327 e. The molecule has 30 heavy (non-hydrogen) atoms. The summed E-state index contributed by atoms with van der Waals surface area (Å²) in [4.78, 5) is 29.9. The molecular formula is C23H19N3O4. The van der Waals surface area contributed by atoms with Crippen molar-refractivity contribution in [2.24, 2.45) is 0 Å². The number of phenols is 1. The maximum absolute atomic E-state index is 12.9. The molecule has 0 amide bonds. The van der Waals surface area contributed by atoms with Crippen LogP contribution in [0.3, 0.4) is 0 Å². The normalized spacial score (nSPS) is 14.6. The van der Waals surface area contributed by atoms with E-state index in [2.05, 4.69) is 15.3 Å². The SMILES string of the molecule is CCOc1cc(C2c3c([nH]c(=O)[nH]c3=O)Nc3ccc4ccccc4c32)ccc1O. The molecule has 4 N–H and O–H groups in total. The average molecular weight is 401 g/mol. The monoisotopic (exact) mass is 401 g/mol. The lowest BCUT2D eigenvalue weighted by molar-refractivity contribution is 0.317. The number of phenolic OH excluding ortho intramolecular Hbond substituents is 1. The van der Waals surface area contributed by atoms with Gasteiger partial charge in [-0.25, -0.2) is 4.79 Å². The number of benzene rings is 3. The van der Waals surface area contributed by atoms with Crippen molar-refractivity contribution >= 4 is 22.3 Å². The zero-order valence-electron chi connectivity index (χ0n) is 16.2. The maximum Gasteiger partial charge on any atom is 0.327 e. The highest BCUT2D eigenvalue weighted by atomic mass is 16.5. The number of aromatic amines is 2. The number of aromatic nitrogens is 2. The van der Waals surface area contributed by atoms with Gasteiger partial charge in [-0.3, -0.25) is 14.8 Å². The lowest BCUT2D eigenvalue weighted by atomic mass is 9.80. The molecule has 0 bridgehead atoms. The van der Waals surface area contributed by atoms with Gasteiger partial charge in [0.2, 0.25) is 0 Å². The van der Waals surface area contributed by atoms with Crippen molar-refractivity contribution in [1.82, 2.24) is 9.97 Å². The van der Waals surface area contributed by atoms with Gasteiger partial charge in [0.1, 0.15) is 5.82 Å². The molecular weight excluding hydrogens is 382 g/mol. The first-order valence-corrected chi connectivity index (χ1v) is 9.67. The number of hydrogen-bond acceptors (Lipinski definition) is 5. The zero-order chi connectivity index (χ0) is 20.8. The molecule has 7 heteroatoms.